The Labute approximate surface area is 668 Å². The molecule has 3 aromatic heterocycles. The van der Waals surface area contributed by atoms with Gasteiger partial charge < -0.3 is 29.2 Å². The highest BCUT2D eigenvalue weighted by Gasteiger charge is 2.34. The number of imidazole rings is 3. The molecule has 9 aromatic carbocycles. The molecule has 18 nitrogen and oxygen atoms in total. The number of Topliss-reactive ketones (excluding diaryl/α,β-unsaturated/α-hetero) is 3. The van der Waals surface area contributed by atoms with Gasteiger partial charge in [-0.1, -0.05) is 126 Å². The number of ketones is 3. The van der Waals surface area contributed by atoms with Gasteiger partial charge in [-0.05, 0) is 185 Å². The molecule has 3 saturated carbocycles. The topological polar surface area (TPSA) is 267 Å². The molecule has 30 heteroatoms. The second kappa shape index (κ2) is 34.7. The maximum absolute atomic E-state index is 12.9. The van der Waals surface area contributed by atoms with Crippen LogP contribution in [0.25, 0.3) is 66.5 Å². The molecule has 0 amide bonds. The number of nitrogens with one attached hydrogen (secondary N) is 3. The highest BCUT2D eigenvalue weighted by Crippen LogP contribution is 2.44. The van der Waals surface area contributed by atoms with E-state index in [1.54, 1.807) is 164 Å². The van der Waals surface area contributed by atoms with Crippen molar-refractivity contribution in [2.75, 3.05) is 17.3 Å². The first kappa shape index (κ1) is 82.1. The van der Waals surface area contributed by atoms with Crippen molar-refractivity contribution in [3.63, 3.8) is 0 Å². The Bertz CT molecular complexity index is 5370. The predicted molar refractivity (Wildman–Crippen MR) is 425 cm³/mol. The average Bonchev–Trinajstić information content (AvgIpc) is 1.58. The van der Waals surface area contributed by atoms with Gasteiger partial charge in [0.15, 0.2) is 29.5 Å². The number of ether oxygens (including phenoxy) is 3. The Morgan fingerprint density at radius 3 is 0.825 bits per heavy atom. The van der Waals surface area contributed by atoms with Gasteiger partial charge in [0.2, 0.25) is 0 Å². The molecule has 3 aliphatic rings. The summed E-state index contributed by atoms with van der Waals surface area (Å²) in [7, 11) is -10.1. The smallest absolute Gasteiger partial charge is 0.387 e. The van der Waals surface area contributed by atoms with Crippen LogP contribution in [0.2, 0.25) is 15.1 Å². The van der Waals surface area contributed by atoms with E-state index in [9.17, 15) is 66.0 Å². The molecule has 3 heterocycles. The summed E-state index contributed by atoms with van der Waals surface area (Å²) in [6.45, 7) is -4.51. The largest absolute Gasteiger partial charge is 0.434 e. The van der Waals surface area contributed by atoms with Gasteiger partial charge in [-0.3, -0.25) is 14.4 Å². The lowest BCUT2D eigenvalue weighted by molar-refractivity contribution is -0.118. The molecular weight excluding hydrogens is 1600 g/mol. The van der Waals surface area contributed by atoms with Gasteiger partial charge in [-0.25, -0.2) is 40.2 Å². The lowest BCUT2D eigenvalue weighted by atomic mass is 9.93. The first-order valence-electron chi connectivity index (χ1n) is 36.5. The summed E-state index contributed by atoms with van der Waals surface area (Å²) in [6.07, 6.45) is 6.13. The van der Waals surface area contributed by atoms with Crippen LogP contribution < -0.4 is 14.2 Å². The Hall–Kier alpha value is -9.90. The molecule has 3 N–H and O–H groups in total. The number of fused-ring (bicyclic) bond motifs is 3. The summed E-state index contributed by atoms with van der Waals surface area (Å²) in [5.41, 5.74) is 8.26. The quantitative estimate of drug-likeness (QED) is 0.0353. The summed E-state index contributed by atoms with van der Waals surface area (Å²) >= 11 is 19.6. The number of alkyl halides is 6. The maximum Gasteiger partial charge on any atom is 0.387 e. The van der Waals surface area contributed by atoms with Gasteiger partial charge in [0.05, 0.1) is 80.1 Å². The molecule has 0 aliphatic heterocycles. The minimum absolute atomic E-state index is 0.00862. The van der Waals surface area contributed by atoms with Crippen molar-refractivity contribution in [3.8, 4) is 50.6 Å². The second-order valence-corrected chi connectivity index (χ2v) is 36.1. The molecule has 0 saturated heterocycles. The van der Waals surface area contributed by atoms with Gasteiger partial charge in [-0.15, -0.1) is 0 Å². The van der Waals surface area contributed by atoms with Gasteiger partial charge >= 0.3 is 19.8 Å². The molecule has 15 rings (SSSR count). The van der Waals surface area contributed by atoms with E-state index in [0.29, 0.717) is 99.0 Å². The Balaban J connectivity index is 0.000000149. The molecule has 0 spiro atoms. The van der Waals surface area contributed by atoms with Crippen LogP contribution in [0.3, 0.4) is 0 Å². The summed E-state index contributed by atoms with van der Waals surface area (Å²) in [4.78, 5) is 61.1. The molecule has 1 unspecified atom stereocenters. The minimum atomic E-state index is -3.36. The third-order valence-corrected chi connectivity index (χ3v) is 26.4. The van der Waals surface area contributed by atoms with Crippen molar-refractivity contribution in [3.05, 3.63) is 231 Å². The number of H-pyrrole nitrogens is 3. The van der Waals surface area contributed by atoms with E-state index in [2.05, 4.69) is 29.2 Å². The van der Waals surface area contributed by atoms with Crippen LogP contribution >= 0.6 is 34.8 Å². The standard InChI is InChI=1S/3C28H25ClF2N2O4S/c3*1-16(34)12-21(18-8-10-19(11-9-18)38(35,36)15-17-6-7-17)27-32-24-13-22(23(29)14-25(24)33-27)20-4-2-3-5-26(20)37-28(30)31/h3*2-5,8-11,13-14,17,21,28H,6-7,12,15H2,1H3,(H,32,33)/t2*21-;/m10./s1. The van der Waals surface area contributed by atoms with Crippen molar-refractivity contribution in [1.29, 1.82) is 0 Å². The van der Waals surface area contributed by atoms with Crippen molar-refractivity contribution in [1.82, 2.24) is 29.9 Å². The van der Waals surface area contributed by atoms with E-state index in [1.807, 2.05) is 0 Å². The molecule has 3 aliphatic carbocycles. The van der Waals surface area contributed by atoms with Gasteiger partial charge in [0, 0.05) is 70.4 Å². The van der Waals surface area contributed by atoms with Crippen molar-refractivity contribution in [2.45, 2.75) is 131 Å². The Morgan fingerprint density at radius 2 is 0.605 bits per heavy atom. The van der Waals surface area contributed by atoms with Crippen LogP contribution in [0, 0.1) is 17.8 Å². The van der Waals surface area contributed by atoms with Crippen molar-refractivity contribution < 1.29 is 80.2 Å². The van der Waals surface area contributed by atoms with E-state index >= 15 is 0 Å². The normalized spacial score (nSPS) is 14.7. The first-order chi connectivity index (χ1) is 54.3. The number of para-hydroxylation sites is 3. The minimum Gasteiger partial charge on any atom is -0.434 e. The number of aromatic amines is 3. The molecule has 0 radical (unpaired) electrons. The van der Waals surface area contributed by atoms with Crippen LogP contribution in [-0.2, 0) is 43.9 Å². The number of sulfone groups is 3. The molecule has 12 aromatic rings. The molecular formula is C84H75Cl3F6N6O12S3. The van der Waals surface area contributed by atoms with Gasteiger partial charge in [0.25, 0.3) is 0 Å². The lowest BCUT2D eigenvalue weighted by Gasteiger charge is -2.14. The fourth-order valence-electron chi connectivity index (χ4n) is 13.7. The number of nitrogens with zero attached hydrogens (tertiary/aromatic N) is 3. The Morgan fingerprint density at radius 1 is 0.368 bits per heavy atom. The number of hydrogen-bond acceptors (Lipinski definition) is 15. The third-order valence-electron chi connectivity index (χ3n) is 19.8. The van der Waals surface area contributed by atoms with E-state index < -0.39 is 67.1 Å². The summed E-state index contributed by atoms with van der Waals surface area (Å²) < 4.78 is 168. The molecule has 594 valence electrons. The first-order valence-corrected chi connectivity index (χ1v) is 42.6. The number of carbonyl (C=O) groups excluding carboxylic acids is 3. The van der Waals surface area contributed by atoms with Crippen molar-refractivity contribution in [2.24, 2.45) is 17.8 Å². The van der Waals surface area contributed by atoms with Crippen LogP contribution in [0.15, 0.2) is 197 Å². The van der Waals surface area contributed by atoms with Crippen LogP contribution in [0.4, 0.5) is 26.3 Å². The van der Waals surface area contributed by atoms with Crippen LogP contribution in [0.1, 0.15) is 130 Å². The Kier molecular flexibility index (Phi) is 25.0. The average molecular weight is 1680 g/mol. The van der Waals surface area contributed by atoms with E-state index in [4.69, 9.17) is 49.8 Å². The number of halogens is 9. The highest BCUT2D eigenvalue weighted by atomic mass is 35.5. The van der Waals surface area contributed by atoms with Crippen molar-refractivity contribution >= 4 is 115 Å². The van der Waals surface area contributed by atoms with Gasteiger partial charge in [-0.2, -0.15) is 26.3 Å². The third kappa shape index (κ3) is 20.2. The van der Waals surface area contributed by atoms with E-state index in [-0.39, 0.29) is 104 Å². The van der Waals surface area contributed by atoms with Crippen LogP contribution in [-0.4, -0.2) is 110 Å². The zero-order valence-corrected chi connectivity index (χ0v) is 66.1. The maximum atomic E-state index is 12.9. The molecule has 3 atom stereocenters. The number of carbonyl (C=O) groups is 3. The summed E-state index contributed by atoms with van der Waals surface area (Å²) in [5, 5.41) is 0.934. The zero-order valence-electron chi connectivity index (χ0n) is 61.4. The van der Waals surface area contributed by atoms with Crippen LogP contribution in [0.5, 0.6) is 17.2 Å². The molecule has 0 bridgehead atoms. The fraction of sp³-hybridized carbons (Fsp3) is 0.286. The number of aromatic nitrogens is 6. The number of rotatable bonds is 30. The summed E-state index contributed by atoms with van der Waals surface area (Å²) in [5.74, 6) is 1.17. The number of benzene rings is 9. The monoisotopic (exact) mass is 1670 g/mol. The van der Waals surface area contributed by atoms with E-state index in [1.165, 1.54) is 39.0 Å². The SMILES string of the molecule is CC(=O)CC(c1ccc(S(=O)(=O)CC2CC2)cc1)c1nc2cc(-c3ccccc3OC(F)F)c(Cl)cc2[nH]1.CC(=O)C[C@@H](c1ccc(S(=O)(=O)CC2CC2)cc1)c1nc2cc(-c3ccccc3OC(F)F)c(Cl)cc2[nH]1.CC(=O)C[C@H](c1ccc(S(=O)(=O)CC2CC2)cc1)c1nc2cc(-c3ccccc3OC(F)F)c(Cl)cc2[nH]1. The lowest BCUT2D eigenvalue weighted by Crippen LogP contribution is -2.10. The predicted octanol–water partition coefficient (Wildman–Crippen LogP) is 20.3. The second-order valence-electron chi connectivity index (χ2n) is 28.8. The molecule has 114 heavy (non-hydrogen) atoms. The number of hydrogen-bond donors (Lipinski definition) is 3. The summed E-state index contributed by atoms with van der Waals surface area (Å²) in [6, 6.07) is 48.9. The highest BCUT2D eigenvalue weighted by molar-refractivity contribution is 7.92. The molecule has 3 fully saturated rings. The zero-order chi connectivity index (χ0) is 81.1. The van der Waals surface area contributed by atoms with E-state index in [0.717, 1.165) is 55.2 Å². The fourth-order valence-corrected chi connectivity index (χ4v) is 19.6. The van der Waals surface area contributed by atoms with Gasteiger partial charge in [0.1, 0.15) is 52.1 Å².